The summed E-state index contributed by atoms with van der Waals surface area (Å²) < 4.78 is 5.76. The molecule has 1 aromatic heterocycles. The van der Waals surface area contributed by atoms with E-state index in [0.29, 0.717) is 13.0 Å². The Hall–Kier alpha value is -2.21. The van der Waals surface area contributed by atoms with Gasteiger partial charge in [-0.25, -0.2) is 4.98 Å². The minimum atomic E-state index is -0.339. The number of carbonyl (C=O) groups excluding carboxylic acids is 1. The maximum Gasteiger partial charge on any atom is 0.232 e. The van der Waals surface area contributed by atoms with Gasteiger partial charge >= 0.3 is 0 Å². The first kappa shape index (κ1) is 18.1. The lowest BCUT2D eigenvalue weighted by molar-refractivity contribution is -0.120. The number of aromatic nitrogens is 1. The molecule has 2 aromatic rings. The first-order chi connectivity index (χ1) is 11.6. The highest BCUT2D eigenvalue weighted by atomic mass is 32.1. The largest absolute Gasteiger partial charge is 0.492 e. The zero-order valence-corrected chi connectivity index (χ0v) is 14.9. The fourth-order valence-corrected chi connectivity index (χ4v) is 2.54. The Labute approximate surface area is 148 Å². The molecule has 0 spiro atoms. The Morgan fingerprint density at radius 1 is 1.29 bits per heavy atom. The number of thiol groups is 1. The van der Waals surface area contributed by atoms with Crippen LogP contribution in [0.15, 0.2) is 48.7 Å². The van der Waals surface area contributed by atoms with Gasteiger partial charge in [0.25, 0.3) is 0 Å². The molecule has 1 amide bonds. The van der Waals surface area contributed by atoms with Crippen LogP contribution in [0.1, 0.15) is 5.56 Å². The third-order valence-electron chi connectivity index (χ3n) is 3.64. The van der Waals surface area contributed by atoms with Gasteiger partial charge in [0.2, 0.25) is 5.91 Å². The number of pyridine rings is 1. The number of nitrogens with one attached hydrogen (secondary N) is 1. The molecular formula is C18H23N3O2S. The van der Waals surface area contributed by atoms with Crippen molar-refractivity contribution < 1.29 is 9.53 Å². The van der Waals surface area contributed by atoms with E-state index in [9.17, 15) is 4.79 Å². The van der Waals surface area contributed by atoms with Crippen molar-refractivity contribution in [3.63, 3.8) is 0 Å². The maximum atomic E-state index is 11.5. The van der Waals surface area contributed by atoms with Crippen molar-refractivity contribution in [2.75, 3.05) is 32.1 Å². The number of ether oxygens (including phenoxy) is 1. The van der Waals surface area contributed by atoms with Crippen molar-refractivity contribution in [1.29, 1.82) is 0 Å². The topological polar surface area (TPSA) is 54.5 Å². The molecule has 5 nitrogen and oxygen atoms in total. The Kier molecular flexibility index (Phi) is 6.93. The van der Waals surface area contributed by atoms with Crippen molar-refractivity contribution in [1.82, 2.24) is 10.3 Å². The number of hydrogen-bond acceptors (Lipinski definition) is 5. The lowest BCUT2D eigenvalue weighted by Crippen LogP contribution is -2.29. The summed E-state index contributed by atoms with van der Waals surface area (Å²) in [6.07, 6.45) is 2.37. The fourth-order valence-electron chi connectivity index (χ4n) is 2.20. The smallest absolute Gasteiger partial charge is 0.232 e. The minimum absolute atomic E-state index is 0.0729. The highest BCUT2D eigenvalue weighted by Gasteiger charge is 2.12. The summed E-state index contributed by atoms with van der Waals surface area (Å²) >= 11 is 4.30. The molecule has 0 aliphatic rings. The van der Waals surface area contributed by atoms with Crippen molar-refractivity contribution >= 4 is 24.4 Å². The summed E-state index contributed by atoms with van der Waals surface area (Å²) in [5, 5.41) is 2.26. The predicted octanol–water partition coefficient (Wildman–Crippen LogP) is 2.18. The summed E-state index contributed by atoms with van der Waals surface area (Å²) in [7, 11) is 3.60. The van der Waals surface area contributed by atoms with E-state index in [1.807, 2.05) is 54.4 Å². The van der Waals surface area contributed by atoms with Gasteiger partial charge in [0, 0.05) is 20.3 Å². The standard InChI is InChI=1S/C18H23N3O2S/c1-19-18(22)16(24)13-14-6-8-15(9-7-14)23-12-11-21(2)17-5-3-4-10-20-17/h3-10,16,24H,11-13H2,1-2H3,(H,19,22). The number of likely N-dealkylation sites (N-methyl/N-ethyl adjacent to an activating group) is 1. The Morgan fingerprint density at radius 2 is 2.04 bits per heavy atom. The molecule has 24 heavy (non-hydrogen) atoms. The second kappa shape index (κ2) is 9.17. The van der Waals surface area contributed by atoms with Crippen molar-refractivity contribution in [3.8, 4) is 5.75 Å². The molecular weight excluding hydrogens is 322 g/mol. The third kappa shape index (κ3) is 5.45. The molecule has 1 atom stereocenters. The van der Waals surface area contributed by atoms with Gasteiger partial charge in [-0.2, -0.15) is 12.6 Å². The quantitative estimate of drug-likeness (QED) is 0.720. The van der Waals surface area contributed by atoms with Crippen LogP contribution in [0.25, 0.3) is 0 Å². The molecule has 0 aliphatic carbocycles. The molecule has 0 fully saturated rings. The third-order valence-corrected chi connectivity index (χ3v) is 4.05. The molecule has 0 saturated carbocycles. The Bertz CT molecular complexity index is 634. The van der Waals surface area contributed by atoms with Gasteiger partial charge in [-0.05, 0) is 36.2 Å². The summed E-state index contributed by atoms with van der Waals surface area (Å²) in [5.74, 6) is 1.66. The van der Waals surface area contributed by atoms with Crippen LogP contribution in [-0.2, 0) is 11.2 Å². The first-order valence-corrected chi connectivity index (χ1v) is 8.35. The lowest BCUT2D eigenvalue weighted by Gasteiger charge is -2.18. The van der Waals surface area contributed by atoms with E-state index in [4.69, 9.17) is 4.74 Å². The number of nitrogens with zero attached hydrogens (tertiary/aromatic N) is 2. The molecule has 6 heteroatoms. The van der Waals surface area contributed by atoms with E-state index in [2.05, 4.69) is 22.9 Å². The summed E-state index contributed by atoms with van der Waals surface area (Å²) in [4.78, 5) is 17.8. The molecule has 0 aliphatic heterocycles. The number of benzene rings is 1. The SMILES string of the molecule is CNC(=O)C(S)Cc1ccc(OCCN(C)c2ccccn2)cc1. The van der Waals surface area contributed by atoms with E-state index in [1.165, 1.54) is 0 Å². The molecule has 1 N–H and O–H groups in total. The number of hydrogen-bond donors (Lipinski definition) is 2. The van der Waals surface area contributed by atoms with E-state index < -0.39 is 0 Å². The average Bonchev–Trinajstić information content (AvgIpc) is 2.63. The van der Waals surface area contributed by atoms with Crippen LogP contribution in [0.3, 0.4) is 0 Å². The summed E-state index contributed by atoms with van der Waals surface area (Å²) in [5.41, 5.74) is 1.05. The molecule has 0 saturated heterocycles. The van der Waals surface area contributed by atoms with Crippen LogP contribution in [-0.4, -0.2) is 43.4 Å². The summed E-state index contributed by atoms with van der Waals surface area (Å²) in [6, 6.07) is 13.6. The second-order valence-electron chi connectivity index (χ2n) is 5.44. The van der Waals surface area contributed by atoms with E-state index in [-0.39, 0.29) is 11.2 Å². The van der Waals surface area contributed by atoms with Crippen LogP contribution < -0.4 is 15.0 Å². The van der Waals surface area contributed by atoms with E-state index >= 15 is 0 Å². The number of anilines is 1. The van der Waals surface area contributed by atoms with Crippen LogP contribution in [0.4, 0.5) is 5.82 Å². The predicted molar refractivity (Wildman–Crippen MR) is 100.0 cm³/mol. The molecule has 0 bridgehead atoms. The van der Waals surface area contributed by atoms with Crippen LogP contribution >= 0.6 is 12.6 Å². The molecule has 2 rings (SSSR count). The summed E-state index contributed by atoms with van der Waals surface area (Å²) in [6.45, 7) is 1.31. The van der Waals surface area contributed by atoms with Crippen LogP contribution in [0.5, 0.6) is 5.75 Å². The molecule has 1 unspecified atom stereocenters. The van der Waals surface area contributed by atoms with Crippen molar-refractivity contribution in [2.24, 2.45) is 0 Å². The molecule has 1 heterocycles. The Balaban J connectivity index is 1.78. The number of amides is 1. The Morgan fingerprint density at radius 3 is 2.67 bits per heavy atom. The molecule has 128 valence electrons. The van der Waals surface area contributed by atoms with Crippen molar-refractivity contribution in [3.05, 3.63) is 54.2 Å². The highest BCUT2D eigenvalue weighted by molar-refractivity contribution is 7.81. The number of rotatable bonds is 8. The molecule has 1 aromatic carbocycles. The normalized spacial score (nSPS) is 11.6. The fraction of sp³-hybridized carbons (Fsp3) is 0.333. The first-order valence-electron chi connectivity index (χ1n) is 7.83. The maximum absolute atomic E-state index is 11.5. The van der Waals surface area contributed by atoms with Crippen LogP contribution in [0.2, 0.25) is 0 Å². The van der Waals surface area contributed by atoms with Gasteiger partial charge in [0.05, 0.1) is 11.8 Å². The average molecular weight is 345 g/mol. The van der Waals surface area contributed by atoms with Gasteiger partial charge in [-0.1, -0.05) is 18.2 Å². The van der Waals surface area contributed by atoms with Crippen LogP contribution in [0, 0.1) is 0 Å². The second-order valence-corrected chi connectivity index (χ2v) is 6.06. The highest BCUT2D eigenvalue weighted by Crippen LogP contribution is 2.15. The van der Waals surface area contributed by atoms with Gasteiger partial charge < -0.3 is 15.0 Å². The van der Waals surface area contributed by atoms with Gasteiger partial charge in [-0.15, -0.1) is 0 Å². The van der Waals surface area contributed by atoms with E-state index in [1.54, 1.807) is 13.2 Å². The lowest BCUT2D eigenvalue weighted by atomic mass is 10.1. The van der Waals surface area contributed by atoms with Gasteiger partial charge in [0.15, 0.2) is 0 Å². The zero-order valence-electron chi connectivity index (χ0n) is 14.0. The minimum Gasteiger partial charge on any atom is -0.492 e. The molecule has 0 radical (unpaired) electrons. The van der Waals surface area contributed by atoms with Gasteiger partial charge in [-0.3, -0.25) is 4.79 Å². The zero-order chi connectivity index (χ0) is 17.4. The van der Waals surface area contributed by atoms with E-state index in [0.717, 1.165) is 23.7 Å². The van der Waals surface area contributed by atoms with Crippen molar-refractivity contribution in [2.45, 2.75) is 11.7 Å². The monoisotopic (exact) mass is 345 g/mol. The number of carbonyl (C=O) groups is 1. The van der Waals surface area contributed by atoms with Gasteiger partial charge in [0.1, 0.15) is 18.2 Å².